The first-order valence-corrected chi connectivity index (χ1v) is 8.03. The fourth-order valence-electron chi connectivity index (χ4n) is 4.01. The Hall–Kier alpha value is -1.39. The van der Waals surface area contributed by atoms with Crippen molar-refractivity contribution in [1.82, 2.24) is 14.8 Å². The minimum absolute atomic E-state index is 0.158. The second-order valence-electron chi connectivity index (χ2n) is 6.33. The zero-order valence-electron chi connectivity index (χ0n) is 12.3. The molecule has 4 heteroatoms. The Morgan fingerprint density at radius 2 is 2.14 bits per heavy atom. The Balaban J connectivity index is 1.58. The molecule has 0 amide bonds. The van der Waals surface area contributed by atoms with Gasteiger partial charge in [-0.25, -0.2) is 4.39 Å². The number of fused-ring (bicyclic) bond motifs is 2. The molecule has 0 aliphatic carbocycles. The lowest BCUT2D eigenvalue weighted by molar-refractivity contribution is 0.0772. The molecule has 4 rings (SSSR count). The van der Waals surface area contributed by atoms with Crippen molar-refractivity contribution in [1.29, 1.82) is 0 Å². The topological polar surface area (TPSA) is 20.2 Å². The molecule has 112 valence electrons. The Bertz CT molecular complexity index is 634. The van der Waals surface area contributed by atoms with E-state index in [2.05, 4.69) is 21.0 Å². The van der Waals surface area contributed by atoms with Crippen molar-refractivity contribution in [2.24, 2.45) is 0 Å². The van der Waals surface area contributed by atoms with Gasteiger partial charge in [-0.2, -0.15) is 0 Å². The van der Waals surface area contributed by atoms with Gasteiger partial charge in [0, 0.05) is 48.8 Å². The summed E-state index contributed by atoms with van der Waals surface area (Å²) in [6.45, 7) is 4.48. The smallest absolute Gasteiger partial charge is 0.123 e. The summed E-state index contributed by atoms with van der Waals surface area (Å²) in [6.07, 6.45) is 6.07. The summed E-state index contributed by atoms with van der Waals surface area (Å²) in [5.74, 6) is -0.158. The number of piperazine rings is 1. The summed E-state index contributed by atoms with van der Waals surface area (Å²) in [4.78, 5) is 2.65. The predicted molar refractivity (Wildman–Crippen MR) is 82.9 cm³/mol. The standard InChI is InChI=1S/C17H22FN3/c18-14-4-5-16-13(11-14)6-9-21(16)12-15-17-3-1-2-8-20(17)10-7-19-15/h4-6,9,11,15,17,19H,1-3,7-8,10,12H2. The van der Waals surface area contributed by atoms with E-state index < -0.39 is 0 Å². The molecule has 21 heavy (non-hydrogen) atoms. The molecule has 2 unspecified atom stereocenters. The summed E-state index contributed by atoms with van der Waals surface area (Å²) >= 11 is 0. The van der Waals surface area contributed by atoms with E-state index in [4.69, 9.17) is 0 Å². The first-order chi connectivity index (χ1) is 10.3. The molecule has 2 atom stereocenters. The van der Waals surface area contributed by atoms with Crippen LogP contribution in [0.15, 0.2) is 30.5 Å². The van der Waals surface area contributed by atoms with E-state index in [-0.39, 0.29) is 5.82 Å². The number of hydrogen-bond donors (Lipinski definition) is 1. The third-order valence-electron chi connectivity index (χ3n) is 5.06. The third kappa shape index (κ3) is 2.47. The average molecular weight is 287 g/mol. The zero-order chi connectivity index (χ0) is 14.2. The van der Waals surface area contributed by atoms with Gasteiger partial charge in [0.2, 0.25) is 0 Å². The van der Waals surface area contributed by atoms with Crippen LogP contribution in [0.1, 0.15) is 19.3 Å². The van der Waals surface area contributed by atoms with E-state index in [0.29, 0.717) is 12.1 Å². The van der Waals surface area contributed by atoms with Crippen LogP contribution >= 0.6 is 0 Å². The highest BCUT2D eigenvalue weighted by Crippen LogP contribution is 2.24. The summed E-state index contributed by atoms with van der Waals surface area (Å²) in [6, 6.07) is 8.24. The first-order valence-electron chi connectivity index (χ1n) is 8.03. The first kappa shape index (κ1) is 13.3. The van der Waals surface area contributed by atoms with Crippen LogP contribution in [-0.4, -0.2) is 41.2 Å². The van der Waals surface area contributed by atoms with Gasteiger partial charge in [-0.3, -0.25) is 4.90 Å². The molecular formula is C17H22FN3. The number of aromatic nitrogens is 1. The molecule has 1 aromatic carbocycles. The summed E-state index contributed by atoms with van der Waals surface area (Å²) in [7, 11) is 0. The summed E-state index contributed by atoms with van der Waals surface area (Å²) in [5, 5.41) is 4.69. The van der Waals surface area contributed by atoms with Crippen molar-refractivity contribution in [3.05, 3.63) is 36.3 Å². The Morgan fingerprint density at radius 3 is 3.10 bits per heavy atom. The largest absolute Gasteiger partial charge is 0.346 e. The van der Waals surface area contributed by atoms with Crippen molar-refractivity contribution >= 4 is 10.9 Å². The number of piperidine rings is 1. The molecule has 0 spiro atoms. The minimum atomic E-state index is -0.158. The zero-order valence-corrected chi connectivity index (χ0v) is 12.3. The van der Waals surface area contributed by atoms with Crippen LogP contribution in [0, 0.1) is 5.82 Å². The molecule has 1 aromatic heterocycles. The van der Waals surface area contributed by atoms with Gasteiger partial charge in [-0.05, 0) is 43.7 Å². The molecule has 2 saturated heterocycles. The van der Waals surface area contributed by atoms with Crippen molar-refractivity contribution in [3.8, 4) is 0 Å². The monoisotopic (exact) mass is 287 g/mol. The van der Waals surface area contributed by atoms with Crippen molar-refractivity contribution in [2.45, 2.75) is 37.9 Å². The van der Waals surface area contributed by atoms with Crippen LogP contribution in [0.5, 0.6) is 0 Å². The van der Waals surface area contributed by atoms with E-state index in [1.807, 2.05) is 12.1 Å². The number of halogens is 1. The van der Waals surface area contributed by atoms with Gasteiger partial charge >= 0.3 is 0 Å². The Morgan fingerprint density at radius 1 is 1.19 bits per heavy atom. The maximum absolute atomic E-state index is 13.3. The van der Waals surface area contributed by atoms with Crippen LogP contribution in [0.2, 0.25) is 0 Å². The highest BCUT2D eigenvalue weighted by atomic mass is 19.1. The van der Waals surface area contributed by atoms with Crippen LogP contribution in [0.4, 0.5) is 4.39 Å². The van der Waals surface area contributed by atoms with Crippen molar-refractivity contribution in [3.63, 3.8) is 0 Å². The molecule has 2 fully saturated rings. The summed E-state index contributed by atoms with van der Waals surface area (Å²) < 4.78 is 15.6. The van der Waals surface area contributed by atoms with Gasteiger partial charge in [0.15, 0.2) is 0 Å². The van der Waals surface area contributed by atoms with Gasteiger partial charge < -0.3 is 9.88 Å². The number of nitrogens with one attached hydrogen (secondary N) is 1. The molecular weight excluding hydrogens is 265 g/mol. The number of nitrogens with zero attached hydrogens (tertiary/aromatic N) is 2. The normalized spacial score (nSPS) is 26.9. The highest BCUT2D eigenvalue weighted by Gasteiger charge is 2.32. The van der Waals surface area contributed by atoms with Gasteiger partial charge in [-0.15, -0.1) is 0 Å². The molecule has 2 aliphatic rings. The molecule has 0 bridgehead atoms. The maximum atomic E-state index is 13.3. The fraction of sp³-hybridized carbons (Fsp3) is 0.529. The van der Waals surface area contributed by atoms with Crippen LogP contribution in [-0.2, 0) is 6.54 Å². The lowest BCUT2D eigenvalue weighted by Gasteiger charge is -2.45. The molecule has 2 aliphatic heterocycles. The highest BCUT2D eigenvalue weighted by molar-refractivity contribution is 5.80. The Labute approximate surface area is 124 Å². The molecule has 0 radical (unpaired) electrons. The molecule has 1 N–H and O–H groups in total. The van der Waals surface area contributed by atoms with Gasteiger partial charge in [-0.1, -0.05) is 6.42 Å². The lowest BCUT2D eigenvalue weighted by Crippen LogP contribution is -2.60. The number of rotatable bonds is 2. The average Bonchev–Trinajstić information content (AvgIpc) is 2.90. The van der Waals surface area contributed by atoms with Crippen LogP contribution in [0.25, 0.3) is 10.9 Å². The molecule has 3 heterocycles. The number of benzene rings is 1. The van der Waals surface area contributed by atoms with Crippen molar-refractivity contribution < 1.29 is 4.39 Å². The minimum Gasteiger partial charge on any atom is -0.346 e. The Kier molecular flexibility index (Phi) is 3.43. The summed E-state index contributed by atoms with van der Waals surface area (Å²) in [5.41, 5.74) is 1.13. The van der Waals surface area contributed by atoms with Gasteiger partial charge in [0.25, 0.3) is 0 Å². The van der Waals surface area contributed by atoms with E-state index >= 15 is 0 Å². The second kappa shape index (κ2) is 5.43. The number of hydrogen-bond acceptors (Lipinski definition) is 2. The predicted octanol–water partition coefficient (Wildman–Crippen LogP) is 2.61. The fourth-order valence-corrected chi connectivity index (χ4v) is 4.01. The van der Waals surface area contributed by atoms with Crippen LogP contribution < -0.4 is 5.32 Å². The van der Waals surface area contributed by atoms with E-state index in [1.54, 1.807) is 12.1 Å². The van der Waals surface area contributed by atoms with Crippen molar-refractivity contribution in [2.75, 3.05) is 19.6 Å². The lowest BCUT2D eigenvalue weighted by atomic mass is 9.93. The maximum Gasteiger partial charge on any atom is 0.123 e. The third-order valence-corrected chi connectivity index (χ3v) is 5.06. The quantitative estimate of drug-likeness (QED) is 0.916. The molecule has 0 saturated carbocycles. The van der Waals surface area contributed by atoms with Crippen LogP contribution in [0.3, 0.4) is 0 Å². The van der Waals surface area contributed by atoms with E-state index in [9.17, 15) is 4.39 Å². The van der Waals surface area contributed by atoms with E-state index in [1.165, 1.54) is 32.4 Å². The molecule has 2 aromatic rings. The molecule has 3 nitrogen and oxygen atoms in total. The van der Waals surface area contributed by atoms with E-state index in [0.717, 1.165) is 24.0 Å². The van der Waals surface area contributed by atoms with Gasteiger partial charge in [0.1, 0.15) is 5.82 Å². The van der Waals surface area contributed by atoms with Gasteiger partial charge in [0.05, 0.1) is 0 Å². The second-order valence-corrected chi connectivity index (χ2v) is 6.33. The SMILES string of the molecule is Fc1ccc2c(ccn2CC2NCCN3CCCCC23)c1.